The summed E-state index contributed by atoms with van der Waals surface area (Å²) < 4.78 is 5.41. The number of nitrogens with zero attached hydrogens (tertiary/aromatic N) is 1. The quantitative estimate of drug-likeness (QED) is 0.926. The Bertz CT molecular complexity index is 639. The predicted octanol–water partition coefficient (Wildman–Crippen LogP) is 1.83. The number of ether oxygens (including phenoxy) is 1. The normalized spacial score (nSPS) is 29.0. The van der Waals surface area contributed by atoms with E-state index in [-0.39, 0.29) is 17.4 Å². The van der Waals surface area contributed by atoms with Crippen molar-refractivity contribution in [3.63, 3.8) is 0 Å². The Morgan fingerprint density at radius 1 is 1.17 bits per heavy atom. The molecule has 1 aromatic carbocycles. The number of carbonyl (C=O) groups is 2. The molecular weight excluding hydrogens is 292 g/mol. The van der Waals surface area contributed by atoms with Crippen LogP contribution in [0.1, 0.15) is 46.4 Å². The van der Waals surface area contributed by atoms with Crippen LogP contribution in [0.4, 0.5) is 0 Å². The number of likely N-dealkylation sites (tertiary alicyclic amines) is 1. The van der Waals surface area contributed by atoms with Gasteiger partial charge in [0.2, 0.25) is 0 Å². The molecule has 5 nitrogen and oxygen atoms in total. The highest BCUT2D eigenvalue weighted by Gasteiger charge is 2.59. The molecule has 2 atom stereocenters. The number of piperidine rings is 1. The van der Waals surface area contributed by atoms with Crippen molar-refractivity contribution in [1.82, 2.24) is 10.2 Å². The van der Waals surface area contributed by atoms with E-state index in [2.05, 4.69) is 5.32 Å². The van der Waals surface area contributed by atoms with Gasteiger partial charge in [0.15, 0.2) is 0 Å². The molecule has 122 valence electrons. The van der Waals surface area contributed by atoms with E-state index >= 15 is 0 Å². The van der Waals surface area contributed by atoms with Crippen LogP contribution < -0.4 is 5.32 Å². The second-order valence-corrected chi connectivity index (χ2v) is 6.96. The first-order valence-electron chi connectivity index (χ1n) is 8.48. The lowest BCUT2D eigenvalue weighted by Crippen LogP contribution is -2.39. The predicted molar refractivity (Wildman–Crippen MR) is 85.3 cm³/mol. The molecule has 2 saturated heterocycles. The molecule has 0 aromatic heterocycles. The number of hydrogen-bond donors (Lipinski definition) is 1. The van der Waals surface area contributed by atoms with Gasteiger partial charge in [-0.25, -0.2) is 0 Å². The van der Waals surface area contributed by atoms with Crippen molar-refractivity contribution in [1.29, 1.82) is 0 Å². The third-order valence-electron chi connectivity index (χ3n) is 5.29. The van der Waals surface area contributed by atoms with E-state index in [0.29, 0.717) is 23.7 Å². The monoisotopic (exact) mass is 314 g/mol. The SMILES string of the molecule is O=C(N[C@@]12COC[C@@H]1C2)c1cccc(C(=O)N2CCCCC2)c1. The van der Waals surface area contributed by atoms with E-state index in [1.54, 1.807) is 24.3 Å². The highest BCUT2D eigenvalue weighted by molar-refractivity contribution is 6.00. The van der Waals surface area contributed by atoms with E-state index in [4.69, 9.17) is 4.74 Å². The first kappa shape index (κ1) is 14.7. The van der Waals surface area contributed by atoms with Gasteiger partial charge in [0.1, 0.15) is 0 Å². The van der Waals surface area contributed by atoms with Gasteiger partial charge in [0.25, 0.3) is 11.8 Å². The highest BCUT2D eigenvalue weighted by Crippen LogP contribution is 2.48. The van der Waals surface area contributed by atoms with Crippen molar-refractivity contribution < 1.29 is 14.3 Å². The molecule has 4 rings (SSSR count). The van der Waals surface area contributed by atoms with Crippen molar-refractivity contribution in [3.8, 4) is 0 Å². The summed E-state index contributed by atoms with van der Waals surface area (Å²) in [6.45, 7) is 2.98. The second kappa shape index (κ2) is 5.64. The minimum atomic E-state index is -0.149. The van der Waals surface area contributed by atoms with Crippen molar-refractivity contribution in [2.24, 2.45) is 5.92 Å². The van der Waals surface area contributed by atoms with Crippen LogP contribution in [0.5, 0.6) is 0 Å². The average molecular weight is 314 g/mol. The molecule has 1 aromatic rings. The molecule has 23 heavy (non-hydrogen) atoms. The number of fused-ring (bicyclic) bond motifs is 1. The Labute approximate surface area is 136 Å². The van der Waals surface area contributed by atoms with E-state index in [1.807, 2.05) is 4.90 Å². The highest BCUT2D eigenvalue weighted by atomic mass is 16.5. The van der Waals surface area contributed by atoms with Gasteiger partial charge in [0, 0.05) is 30.1 Å². The van der Waals surface area contributed by atoms with Crippen molar-refractivity contribution in [3.05, 3.63) is 35.4 Å². The molecule has 1 aliphatic carbocycles. The van der Waals surface area contributed by atoms with Crippen LogP contribution in [0.3, 0.4) is 0 Å². The number of benzene rings is 1. The summed E-state index contributed by atoms with van der Waals surface area (Å²) >= 11 is 0. The van der Waals surface area contributed by atoms with Crippen LogP contribution in [-0.2, 0) is 4.74 Å². The lowest BCUT2D eigenvalue weighted by Gasteiger charge is -2.26. The van der Waals surface area contributed by atoms with Gasteiger partial charge in [-0.05, 0) is 43.9 Å². The summed E-state index contributed by atoms with van der Waals surface area (Å²) in [5, 5.41) is 3.10. The Morgan fingerprint density at radius 2 is 1.96 bits per heavy atom. The Morgan fingerprint density at radius 3 is 2.65 bits per heavy atom. The molecule has 2 heterocycles. The maximum atomic E-state index is 12.6. The molecule has 1 N–H and O–H groups in total. The zero-order chi connectivity index (χ0) is 15.9. The van der Waals surface area contributed by atoms with Crippen LogP contribution in [0.25, 0.3) is 0 Å². The second-order valence-electron chi connectivity index (χ2n) is 6.96. The maximum absolute atomic E-state index is 12.6. The third kappa shape index (κ3) is 2.74. The summed E-state index contributed by atoms with van der Waals surface area (Å²) in [5.41, 5.74) is 1.01. The minimum absolute atomic E-state index is 0.0333. The summed E-state index contributed by atoms with van der Waals surface area (Å²) in [5.74, 6) is 0.391. The Kier molecular flexibility index (Phi) is 3.60. The minimum Gasteiger partial charge on any atom is -0.379 e. The van der Waals surface area contributed by atoms with Gasteiger partial charge >= 0.3 is 0 Å². The molecule has 3 fully saturated rings. The van der Waals surface area contributed by atoms with Gasteiger partial charge in [0.05, 0.1) is 18.8 Å². The van der Waals surface area contributed by atoms with Gasteiger partial charge in [-0.1, -0.05) is 6.07 Å². The molecule has 0 bridgehead atoms. The van der Waals surface area contributed by atoms with Crippen LogP contribution in [0.2, 0.25) is 0 Å². The topological polar surface area (TPSA) is 58.6 Å². The first-order valence-corrected chi connectivity index (χ1v) is 8.48. The van der Waals surface area contributed by atoms with Crippen molar-refractivity contribution in [2.75, 3.05) is 26.3 Å². The molecule has 2 aliphatic heterocycles. The number of hydrogen-bond acceptors (Lipinski definition) is 3. The zero-order valence-electron chi connectivity index (χ0n) is 13.2. The molecule has 0 radical (unpaired) electrons. The summed E-state index contributed by atoms with van der Waals surface area (Å²) in [7, 11) is 0. The lowest BCUT2D eigenvalue weighted by molar-refractivity contribution is 0.0724. The van der Waals surface area contributed by atoms with Crippen molar-refractivity contribution in [2.45, 2.75) is 31.2 Å². The standard InChI is InChI=1S/C18H22N2O3/c21-16(19-18-10-15(18)11-23-12-18)13-5-4-6-14(9-13)17(22)20-7-2-1-3-8-20/h4-6,9,15H,1-3,7-8,10-12H2,(H,19,21)/t15-,18-/m0/s1. The Balaban J connectivity index is 1.47. The van der Waals surface area contributed by atoms with Gasteiger partial charge in [-0.2, -0.15) is 0 Å². The molecule has 0 unspecified atom stereocenters. The van der Waals surface area contributed by atoms with Gasteiger partial charge < -0.3 is 15.0 Å². The van der Waals surface area contributed by atoms with E-state index in [0.717, 1.165) is 39.0 Å². The lowest BCUT2D eigenvalue weighted by atomic mass is 10.1. The molecule has 0 spiro atoms. The summed E-state index contributed by atoms with van der Waals surface area (Å²) in [4.78, 5) is 26.9. The summed E-state index contributed by atoms with van der Waals surface area (Å²) in [6.07, 6.45) is 4.33. The smallest absolute Gasteiger partial charge is 0.253 e. The fraction of sp³-hybridized carbons (Fsp3) is 0.556. The maximum Gasteiger partial charge on any atom is 0.253 e. The van der Waals surface area contributed by atoms with Crippen molar-refractivity contribution >= 4 is 11.8 Å². The van der Waals surface area contributed by atoms with E-state index in [9.17, 15) is 9.59 Å². The first-order chi connectivity index (χ1) is 11.2. The van der Waals surface area contributed by atoms with E-state index < -0.39 is 0 Å². The van der Waals surface area contributed by atoms with Gasteiger partial charge in [-0.3, -0.25) is 9.59 Å². The number of nitrogens with one attached hydrogen (secondary N) is 1. The van der Waals surface area contributed by atoms with Gasteiger partial charge in [-0.15, -0.1) is 0 Å². The molecule has 2 amide bonds. The number of amides is 2. The van der Waals surface area contributed by atoms with E-state index in [1.165, 1.54) is 6.42 Å². The number of carbonyl (C=O) groups excluding carboxylic acids is 2. The summed E-state index contributed by atoms with van der Waals surface area (Å²) in [6, 6.07) is 7.08. The van der Waals surface area contributed by atoms with Crippen LogP contribution >= 0.6 is 0 Å². The van der Waals surface area contributed by atoms with Crippen LogP contribution in [-0.4, -0.2) is 48.6 Å². The van der Waals surface area contributed by atoms with Crippen LogP contribution in [0, 0.1) is 5.92 Å². The molecule has 3 aliphatic rings. The molecule has 1 saturated carbocycles. The zero-order valence-corrected chi connectivity index (χ0v) is 13.2. The number of rotatable bonds is 3. The molecule has 5 heteroatoms. The largest absolute Gasteiger partial charge is 0.379 e. The Hall–Kier alpha value is -1.88. The fourth-order valence-corrected chi connectivity index (χ4v) is 3.72. The molecular formula is C18H22N2O3. The third-order valence-corrected chi connectivity index (χ3v) is 5.29. The van der Waals surface area contributed by atoms with Crippen LogP contribution in [0.15, 0.2) is 24.3 Å². The fourth-order valence-electron chi connectivity index (χ4n) is 3.72. The average Bonchev–Trinajstić information content (AvgIpc) is 3.14.